The highest BCUT2D eigenvalue weighted by Crippen LogP contribution is 2.34. The molecule has 0 bridgehead atoms. The van der Waals surface area contributed by atoms with Gasteiger partial charge >= 0.3 is 0 Å². The zero-order valence-electron chi connectivity index (χ0n) is 15.1. The lowest BCUT2D eigenvalue weighted by Crippen LogP contribution is -2.50. The monoisotopic (exact) mass is 406 g/mol. The van der Waals surface area contributed by atoms with Gasteiger partial charge in [0.2, 0.25) is 11.8 Å². The highest BCUT2D eigenvalue weighted by atomic mass is 32.2. The third-order valence-corrected chi connectivity index (χ3v) is 6.11. The van der Waals surface area contributed by atoms with Crippen molar-refractivity contribution in [2.75, 3.05) is 38.5 Å². The molecule has 1 saturated heterocycles. The van der Waals surface area contributed by atoms with Gasteiger partial charge in [-0.3, -0.25) is 9.59 Å². The van der Waals surface area contributed by atoms with E-state index in [-0.39, 0.29) is 11.8 Å². The molecule has 144 valence electrons. The number of hydrogen-bond donors (Lipinski definition) is 1. The van der Waals surface area contributed by atoms with Crippen molar-refractivity contribution in [3.63, 3.8) is 0 Å². The minimum Gasteiger partial charge on any atom is -0.493 e. The van der Waals surface area contributed by atoms with Crippen LogP contribution in [0.1, 0.15) is 13.3 Å². The third kappa shape index (κ3) is 5.61. The van der Waals surface area contributed by atoms with Crippen molar-refractivity contribution in [3.05, 3.63) is 30.5 Å². The highest BCUT2D eigenvalue weighted by molar-refractivity contribution is 8.01. The topological polar surface area (TPSA) is 88.8 Å². The van der Waals surface area contributed by atoms with E-state index in [9.17, 15) is 9.59 Å². The molecule has 0 unspecified atom stereocenters. The maximum absolute atomic E-state index is 12.3. The lowest BCUT2D eigenvalue weighted by Gasteiger charge is -2.34. The first-order valence-corrected chi connectivity index (χ1v) is 10.3. The summed E-state index contributed by atoms with van der Waals surface area (Å²) in [7, 11) is 0. The summed E-state index contributed by atoms with van der Waals surface area (Å²) in [5.41, 5.74) is 5.65. The molecule has 0 atom stereocenters. The molecule has 2 amide bonds. The number of nitrogens with two attached hydrogens (primary N) is 1. The second-order valence-electron chi connectivity index (χ2n) is 6.08. The summed E-state index contributed by atoms with van der Waals surface area (Å²) >= 11 is 3.02. The summed E-state index contributed by atoms with van der Waals surface area (Å²) in [6, 6.07) is 7.73. The molecule has 1 aliphatic heterocycles. The van der Waals surface area contributed by atoms with Crippen LogP contribution in [0.5, 0.6) is 5.75 Å². The first-order valence-electron chi connectivity index (χ1n) is 8.66. The van der Waals surface area contributed by atoms with Gasteiger partial charge in [0.25, 0.3) is 0 Å². The van der Waals surface area contributed by atoms with Crippen LogP contribution in [0.15, 0.2) is 39.6 Å². The average Bonchev–Trinajstić information content (AvgIpc) is 3.06. The van der Waals surface area contributed by atoms with Crippen LogP contribution in [-0.2, 0) is 9.59 Å². The van der Waals surface area contributed by atoms with Crippen LogP contribution in [0.25, 0.3) is 0 Å². The molecular formula is C18H22N4O3S2. The fourth-order valence-electron chi connectivity index (χ4n) is 2.75. The molecule has 3 rings (SSSR count). The van der Waals surface area contributed by atoms with Crippen molar-refractivity contribution >= 4 is 40.0 Å². The SMILES string of the molecule is CC(=O)N1CCN(C(=O)CCOc2cccc(Sc3cnc(N)s3)c2)CC1. The molecule has 1 fully saturated rings. The van der Waals surface area contributed by atoms with E-state index in [1.165, 1.54) is 11.3 Å². The number of thiazole rings is 1. The molecule has 27 heavy (non-hydrogen) atoms. The molecule has 0 saturated carbocycles. The molecule has 7 nitrogen and oxygen atoms in total. The third-order valence-electron chi connectivity index (χ3n) is 4.19. The number of hydrogen-bond acceptors (Lipinski definition) is 7. The maximum atomic E-state index is 12.3. The predicted molar refractivity (Wildman–Crippen MR) is 106 cm³/mol. The quantitative estimate of drug-likeness (QED) is 0.792. The number of carbonyl (C=O) groups is 2. The lowest BCUT2D eigenvalue weighted by atomic mass is 10.3. The number of ether oxygens (including phenoxy) is 1. The summed E-state index contributed by atoms with van der Waals surface area (Å²) < 4.78 is 6.77. The second kappa shape index (κ2) is 9.09. The van der Waals surface area contributed by atoms with Crippen LogP contribution in [0.3, 0.4) is 0 Å². The van der Waals surface area contributed by atoms with Crippen molar-refractivity contribution in [1.29, 1.82) is 0 Å². The van der Waals surface area contributed by atoms with Gasteiger partial charge in [-0.1, -0.05) is 29.2 Å². The summed E-state index contributed by atoms with van der Waals surface area (Å²) in [6.07, 6.45) is 2.07. The molecular weight excluding hydrogens is 384 g/mol. The Bertz CT molecular complexity index is 803. The summed E-state index contributed by atoms with van der Waals surface area (Å²) in [5, 5.41) is 0.549. The summed E-state index contributed by atoms with van der Waals surface area (Å²) in [5.74, 6) is 0.847. The summed E-state index contributed by atoms with van der Waals surface area (Å²) in [6.45, 7) is 4.26. The minimum atomic E-state index is 0.0591. The molecule has 2 N–H and O–H groups in total. The standard InChI is InChI=1S/C18H22N4O3S2/c1-13(23)21-6-8-22(9-7-21)16(24)5-10-25-14-3-2-4-15(11-14)26-17-12-20-18(19)27-17/h2-4,11-12H,5-10H2,1H3,(H2,19,20). The normalized spacial score (nSPS) is 14.3. The number of amides is 2. The van der Waals surface area contributed by atoms with Gasteiger partial charge in [-0.2, -0.15) is 0 Å². The van der Waals surface area contributed by atoms with Gasteiger partial charge in [-0.05, 0) is 18.2 Å². The van der Waals surface area contributed by atoms with Crippen molar-refractivity contribution in [2.45, 2.75) is 22.4 Å². The van der Waals surface area contributed by atoms with Gasteiger partial charge in [0.15, 0.2) is 5.13 Å². The van der Waals surface area contributed by atoms with Crippen molar-refractivity contribution in [1.82, 2.24) is 14.8 Å². The Kier molecular flexibility index (Phi) is 6.57. The minimum absolute atomic E-state index is 0.0591. The van der Waals surface area contributed by atoms with E-state index in [4.69, 9.17) is 10.5 Å². The first-order chi connectivity index (χ1) is 13.0. The molecule has 1 aliphatic rings. The van der Waals surface area contributed by atoms with Crippen molar-refractivity contribution in [2.24, 2.45) is 0 Å². The van der Waals surface area contributed by atoms with E-state index in [0.29, 0.717) is 44.3 Å². The van der Waals surface area contributed by atoms with Crippen molar-refractivity contribution < 1.29 is 14.3 Å². The number of nitrogen functional groups attached to an aromatic ring is 1. The Morgan fingerprint density at radius 1 is 1.26 bits per heavy atom. The fraction of sp³-hybridized carbons (Fsp3) is 0.389. The molecule has 9 heteroatoms. The van der Waals surface area contributed by atoms with Crippen LogP contribution in [0.4, 0.5) is 5.13 Å². The molecule has 1 aromatic heterocycles. The number of rotatable bonds is 6. The lowest BCUT2D eigenvalue weighted by molar-refractivity contribution is -0.138. The Morgan fingerprint density at radius 2 is 2.00 bits per heavy atom. The molecule has 1 aromatic carbocycles. The fourth-order valence-corrected chi connectivity index (χ4v) is 4.54. The van der Waals surface area contributed by atoms with Crippen LogP contribution in [0.2, 0.25) is 0 Å². The smallest absolute Gasteiger partial charge is 0.226 e. The molecule has 2 aromatic rings. The van der Waals surface area contributed by atoms with Crippen LogP contribution in [0, 0.1) is 0 Å². The molecule has 0 radical (unpaired) electrons. The Balaban J connectivity index is 1.44. The molecule has 0 aliphatic carbocycles. The Labute approximate surface area is 166 Å². The van der Waals surface area contributed by atoms with E-state index in [1.54, 1.807) is 34.7 Å². The largest absolute Gasteiger partial charge is 0.493 e. The first kappa shape index (κ1) is 19.5. The van der Waals surface area contributed by atoms with E-state index < -0.39 is 0 Å². The van der Waals surface area contributed by atoms with Gasteiger partial charge in [0, 0.05) is 38.0 Å². The van der Waals surface area contributed by atoms with Crippen molar-refractivity contribution in [3.8, 4) is 5.75 Å². The molecule has 2 heterocycles. The van der Waals surface area contributed by atoms with Gasteiger partial charge in [0.1, 0.15) is 5.75 Å². The highest BCUT2D eigenvalue weighted by Gasteiger charge is 2.22. The number of benzene rings is 1. The number of aromatic nitrogens is 1. The van der Waals surface area contributed by atoms with Gasteiger partial charge < -0.3 is 20.3 Å². The van der Waals surface area contributed by atoms with E-state index in [2.05, 4.69) is 4.98 Å². The van der Waals surface area contributed by atoms with Gasteiger partial charge in [-0.25, -0.2) is 4.98 Å². The number of piperazine rings is 1. The number of carbonyl (C=O) groups excluding carboxylic acids is 2. The Morgan fingerprint density at radius 3 is 2.67 bits per heavy atom. The van der Waals surface area contributed by atoms with Gasteiger partial charge in [0.05, 0.1) is 23.4 Å². The van der Waals surface area contributed by atoms with Gasteiger partial charge in [-0.15, -0.1) is 0 Å². The zero-order valence-corrected chi connectivity index (χ0v) is 16.7. The van der Waals surface area contributed by atoms with E-state index in [0.717, 1.165) is 14.9 Å². The maximum Gasteiger partial charge on any atom is 0.226 e. The van der Waals surface area contributed by atoms with Crippen LogP contribution in [-0.4, -0.2) is 59.4 Å². The summed E-state index contributed by atoms with van der Waals surface area (Å²) in [4.78, 5) is 32.3. The Hall–Kier alpha value is -2.26. The number of nitrogens with zero attached hydrogens (tertiary/aromatic N) is 3. The predicted octanol–water partition coefficient (Wildman–Crippen LogP) is 2.34. The van der Waals surface area contributed by atoms with Crippen LogP contribution >= 0.6 is 23.1 Å². The van der Waals surface area contributed by atoms with E-state index >= 15 is 0 Å². The average molecular weight is 407 g/mol. The van der Waals surface area contributed by atoms with E-state index in [1.807, 2.05) is 24.3 Å². The number of anilines is 1. The molecule has 0 spiro atoms. The zero-order chi connectivity index (χ0) is 19.2. The van der Waals surface area contributed by atoms with Crippen LogP contribution < -0.4 is 10.5 Å². The second-order valence-corrected chi connectivity index (χ2v) is 8.52.